The Balaban J connectivity index is 1.74. The Bertz CT molecular complexity index is 605. The highest BCUT2D eigenvalue weighted by molar-refractivity contribution is 8.01. The van der Waals surface area contributed by atoms with E-state index >= 15 is 0 Å². The van der Waals surface area contributed by atoms with Gasteiger partial charge in [0.2, 0.25) is 0 Å². The number of rotatable bonds is 3. The Kier molecular flexibility index (Phi) is 3.37. The van der Waals surface area contributed by atoms with E-state index in [2.05, 4.69) is 44.3 Å². The minimum absolute atomic E-state index is 0.651. The Labute approximate surface area is 115 Å². The highest BCUT2D eigenvalue weighted by Crippen LogP contribution is 2.30. The van der Waals surface area contributed by atoms with Gasteiger partial charge in [0, 0.05) is 23.1 Å². The molecule has 6 nitrogen and oxygen atoms in total. The quantitative estimate of drug-likeness (QED) is 0.841. The van der Waals surface area contributed by atoms with Crippen molar-refractivity contribution in [2.24, 2.45) is 11.0 Å². The maximum Gasteiger partial charge on any atom is 0.182 e. The van der Waals surface area contributed by atoms with Crippen molar-refractivity contribution in [2.45, 2.75) is 25.5 Å². The van der Waals surface area contributed by atoms with Gasteiger partial charge in [0.1, 0.15) is 11.8 Å². The number of hydrogen-bond donors (Lipinski definition) is 2. The van der Waals surface area contributed by atoms with Gasteiger partial charge in [-0.2, -0.15) is 16.9 Å². The average Bonchev–Trinajstić information content (AvgIpc) is 3.05. The summed E-state index contributed by atoms with van der Waals surface area (Å²) < 4.78 is 0. The van der Waals surface area contributed by atoms with Gasteiger partial charge in [0.25, 0.3) is 0 Å². The molecule has 0 aliphatic carbocycles. The van der Waals surface area contributed by atoms with Crippen LogP contribution in [0.5, 0.6) is 0 Å². The molecule has 0 aromatic carbocycles. The largest absolute Gasteiger partial charge is 0.340 e. The van der Waals surface area contributed by atoms with E-state index in [4.69, 9.17) is 0 Å². The van der Waals surface area contributed by atoms with E-state index in [0.29, 0.717) is 22.6 Å². The zero-order valence-electron chi connectivity index (χ0n) is 10.9. The number of aromatic nitrogens is 4. The minimum Gasteiger partial charge on any atom is -0.340 e. The SMILES string of the molecule is CC(C)C1C/C(=N\Nc2ncnc3nc[nH]c23)CS1. The van der Waals surface area contributed by atoms with Crippen LogP contribution < -0.4 is 5.43 Å². The second kappa shape index (κ2) is 5.16. The summed E-state index contributed by atoms with van der Waals surface area (Å²) in [5, 5.41) is 5.14. The Morgan fingerprint density at radius 3 is 3.11 bits per heavy atom. The van der Waals surface area contributed by atoms with Gasteiger partial charge in [-0.05, 0) is 5.92 Å². The van der Waals surface area contributed by atoms with Gasteiger partial charge in [-0.25, -0.2) is 15.0 Å². The summed E-state index contributed by atoms with van der Waals surface area (Å²) in [5.74, 6) is 2.36. The van der Waals surface area contributed by atoms with Crippen molar-refractivity contribution in [1.29, 1.82) is 0 Å². The molecule has 3 rings (SSSR count). The molecule has 1 unspecified atom stereocenters. The maximum absolute atomic E-state index is 4.46. The summed E-state index contributed by atoms with van der Waals surface area (Å²) in [5.41, 5.74) is 5.66. The zero-order valence-corrected chi connectivity index (χ0v) is 11.7. The van der Waals surface area contributed by atoms with Gasteiger partial charge in [0.05, 0.1) is 6.33 Å². The molecule has 2 aromatic heterocycles. The molecule has 1 saturated heterocycles. The molecule has 0 bridgehead atoms. The Morgan fingerprint density at radius 2 is 2.32 bits per heavy atom. The van der Waals surface area contributed by atoms with Crippen LogP contribution in [0.15, 0.2) is 17.8 Å². The summed E-state index contributed by atoms with van der Waals surface area (Å²) in [4.78, 5) is 15.4. The Hall–Kier alpha value is -1.63. The number of imidazole rings is 1. The summed E-state index contributed by atoms with van der Waals surface area (Å²) >= 11 is 1.98. The normalized spacial score (nSPS) is 21.6. The molecule has 1 fully saturated rings. The molecule has 2 aromatic rings. The van der Waals surface area contributed by atoms with Crippen molar-refractivity contribution in [3.8, 4) is 0 Å². The van der Waals surface area contributed by atoms with E-state index < -0.39 is 0 Å². The number of hydrazone groups is 1. The zero-order chi connectivity index (χ0) is 13.2. The van der Waals surface area contributed by atoms with E-state index in [9.17, 15) is 0 Å². The third-order valence-electron chi connectivity index (χ3n) is 3.19. The van der Waals surface area contributed by atoms with Crippen molar-refractivity contribution in [1.82, 2.24) is 19.9 Å². The van der Waals surface area contributed by atoms with Crippen LogP contribution in [0.25, 0.3) is 11.2 Å². The van der Waals surface area contributed by atoms with Gasteiger partial charge in [-0.3, -0.25) is 5.43 Å². The van der Waals surface area contributed by atoms with Crippen LogP contribution in [0.2, 0.25) is 0 Å². The van der Waals surface area contributed by atoms with Crippen LogP contribution in [0.4, 0.5) is 5.82 Å². The van der Waals surface area contributed by atoms with Crippen LogP contribution in [0, 0.1) is 5.92 Å². The predicted molar refractivity (Wildman–Crippen MR) is 78.4 cm³/mol. The molecule has 0 radical (unpaired) electrons. The molecule has 3 heterocycles. The number of thioether (sulfide) groups is 1. The number of anilines is 1. The van der Waals surface area contributed by atoms with Gasteiger partial charge < -0.3 is 4.98 Å². The molecule has 0 saturated carbocycles. The lowest BCUT2D eigenvalue weighted by Crippen LogP contribution is -2.09. The summed E-state index contributed by atoms with van der Waals surface area (Å²) in [6, 6.07) is 0. The van der Waals surface area contributed by atoms with Crippen molar-refractivity contribution in [3.05, 3.63) is 12.7 Å². The van der Waals surface area contributed by atoms with E-state index in [1.807, 2.05) is 11.8 Å². The summed E-state index contributed by atoms with van der Waals surface area (Å²) in [7, 11) is 0. The maximum atomic E-state index is 4.46. The molecule has 2 N–H and O–H groups in total. The lowest BCUT2D eigenvalue weighted by atomic mass is 10.1. The summed E-state index contributed by atoms with van der Waals surface area (Å²) in [6.07, 6.45) is 4.15. The lowest BCUT2D eigenvalue weighted by Gasteiger charge is -2.10. The molecule has 1 aliphatic rings. The first kappa shape index (κ1) is 12.4. The van der Waals surface area contributed by atoms with Crippen molar-refractivity contribution < 1.29 is 0 Å². The highest BCUT2D eigenvalue weighted by atomic mass is 32.2. The first-order valence-electron chi connectivity index (χ1n) is 6.31. The molecule has 7 heteroatoms. The number of H-pyrrole nitrogens is 1. The fraction of sp³-hybridized carbons (Fsp3) is 0.500. The van der Waals surface area contributed by atoms with Gasteiger partial charge in [-0.1, -0.05) is 13.8 Å². The average molecular weight is 276 g/mol. The van der Waals surface area contributed by atoms with Crippen molar-refractivity contribution in [2.75, 3.05) is 11.2 Å². The number of nitrogens with zero attached hydrogens (tertiary/aromatic N) is 4. The van der Waals surface area contributed by atoms with Gasteiger partial charge in [0.15, 0.2) is 11.5 Å². The van der Waals surface area contributed by atoms with Crippen LogP contribution in [0.1, 0.15) is 20.3 Å². The van der Waals surface area contributed by atoms with Gasteiger partial charge in [-0.15, -0.1) is 0 Å². The third kappa shape index (κ3) is 2.56. The van der Waals surface area contributed by atoms with Crippen LogP contribution in [0.3, 0.4) is 0 Å². The van der Waals surface area contributed by atoms with Crippen molar-refractivity contribution in [3.63, 3.8) is 0 Å². The van der Waals surface area contributed by atoms with Crippen LogP contribution >= 0.6 is 11.8 Å². The molecule has 0 amide bonds. The first-order valence-corrected chi connectivity index (χ1v) is 7.36. The van der Waals surface area contributed by atoms with E-state index in [1.54, 1.807) is 6.33 Å². The molecular formula is C12H16N6S. The third-order valence-corrected chi connectivity index (χ3v) is 4.83. The Morgan fingerprint density at radius 1 is 1.42 bits per heavy atom. The molecular weight excluding hydrogens is 260 g/mol. The van der Waals surface area contributed by atoms with E-state index in [0.717, 1.165) is 17.7 Å². The number of nitrogens with one attached hydrogen (secondary N) is 2. The van der Waals surface area contributed by atoms with Crippen molar-refractivity contribution >= 4 is 34.5 Å². The van der Waals surface area contributed by atoms with Crippen LogP contribution in [-0.4, -0.2) is 36.7 Å². The minimum atomic E-state index is 0.651. The number of aromatic amines is 1. The second-order valence-electron chi connectivity index (χ2n) is 4.91. The van der Waals surface area contributed by atoms with Gasteiger partial charge >= 0.3 is 0 Å². The standard InChI is InChI=1S/C12H16N6S/c1-7(2)9-3-8(4-19-9)17-18-12-10-11(14-5-13-10)15-6-16-12/h5-7,9H,3-4H2,1-2H3,(H2,13,14,15,16,18)/b17-8+. The number of fused-ring (bicyclic) bond motifs is 1. The highest BCUT2D eigenvalue weighted by Gasteiger charge is 2.24. The fourth-order valence-corrected chi connectivity index (χ4v) is 3.33. The molecule has 0 spiro atoms. The second-order valence-corrected chi connectivity index (χ2v) is 6.14. The molecule has 1 aliphatic heterocycles. The molecule has 19 heavy (non-hydrogen) atoms. The monoisotopic (exact) mass is 276 g/mol. The lowest BCUT2D eigenvalue weighted by molar-refractivity contribution is 0.627. The fourth-order valence-electron chi connectivity index (χ4n) is 2.04. The smallest absolute Gasteiger partial charge is 0.182 e. The topological polar surface area (TPSA) is 78.8 Å². The molecule has 100 valence electrons. The van der Waals surface area contributed by atoms with E-state index in [-0.39, 0.29) is 0 Å². The number of hydrogen-bond acceptors (Lipinski definition) is 6. The predicted octanol–water partition coefficient (Wildman–Crippen LogP) is 2.28. The first-order chi connectivity index (χ1) is 9.24. The summed E-state index contributed by atoms with van der Waals surface area (Å²) in [6.45, 7) is 4.51. The van der Waals surface area contributed by atoms with E-state index in [1.165, 1.54) is 12.0 Å². The van der Waals surface area contributed by atoms with Crippen LogP contribution in [-0.2, 0) is 0 Å². The molecule has 1 atom stereocenters.